The molecule has 0 bridgehead atoms. The van der Waals surface area contributed by atoms with Gasteiger partial charge in [0.2, 0.25) is 0 Å². The maximum absolute atomic E-state index is 5.23. The van der Waals surface area contributed by atoms with E-state index in [1.165, 1.54) is 0 Å². The van der Waals surface area contributed by atoms with E-state index < -0.39 is 0 Å². The minimum Gasteiger partial charge on any atom is -0.356 e. The van der Waals surface area contributed by atoms with Crippen LogP contribution in [-0.4, -0.2) is 11.7 Å². The summed E-state index contributed by atoms with van der Waals surface area (Å²) in [6.45, 7) is 5.11. The fraction of sp³-hybridized carbons (Fsp3) is 0.364. The number of nitrogens with zero attached hydrogens (tertiary/aromatic N) is 1. The lowest BCUT2D eigenvalue weighted by Crippen LogP contribution is -2.18. The Labute approximate surface area is 83.1 Å². The number of fused-ring (bicyclic) bond motifs is 1. The van der Waals surface area contributed by atoms with E-state index in [0.29, 0.717) is 0 Å². The molecule has 14 heavy (non-hydrogen) atoms. The molecule has 0 spiro atoms. The summed E-state index contributed by atoms with van der Waals surface area (Å²) in [6.07, 6.45) is 0. The Kier molecular flexibility index (Phi) is 2.50. The van der Waals surface area contributed by atoms with Gasteiger partial charge in [-0.3, -0.25) is 0 Å². The average Bonchev–Trinajstić information content (AvgIpc) is 2.61. The smallest absolute Gasteiger partial charge is 0.167 e. The predicted octanol–water partition coefficient (Wildman–Crippen LogP) is 2.50. The van der Waals surface area contributed by atoms with Gasteiger partial charge in [-0.05, 0) is 25.6 Å². The van der Waals surface area contributed by atoms with Crippen molar-refractivity contribution in [2.75, 3.05) is 6.54 Å². The summed E-state index contributed by atoms with van der Waals surface area (Å²) in [5.41, 5.74) is 1.84. The Morgan fingerprint density at radius 1 is 1.43 bits per heavy atom. The van der Waals surface area contributed by atoms with Crippen molar-refractivity contribution in [2.24, 2.45) is 0 Å². The Bertz CT molecular complexity index is 422. The molecule has 0 amide bonds. The molecule has 0 aliphatic rings. The first-order valence-corrected chi connectivity index (χ1v) is 4.90. The zero-order valence-electron chi connectivity index (χ0n) is 8.45. The number of nitrogens with one attached hydrogen (secondary N) is 1. The molecule has 0 fully saturated rings. The normalized spacial score (nSPS) is 13.3. The molecular formula is C11H14N2O. The summed E-state index contributed by atoms with van der Waals surface area (Å²) in [4.78, 5) is 0. The van der Waals surface area contributed by atoms with Gasteiger partial charge in [0, 0.05) is 5.39 Å². The summed E-state index contributed by atoms with van der Waals surface area (Å²) < 4.78 is 5.23. The van der Waals surface area contributed by atoms with E-state index in [1.54, 1.807) is 0 Å². The van der Waals surface area contributed by atoms with Crippen LogP contribution in [0.1, 0.15) is 25.6 Å². The molecule has 2 aromatic rings. The summed E-state index contributed by atoms with van der Waals surface area (Å²) in [5, 5.41) is 8.49. The van der Waals surface area contributed by atoms with Crippen LogP contribution in [0.4, 0.5) is 0 Å². The first kappa shape index (κ1) is 9.21. The molecule has 1 unspecified atom stereocenters. The molecule has 0 radical (unpaired) electrons. The van der Waals surface area contributed by atoms with Crippen LogP contribution >= 0.6 is 0 Å². The van der Waals surface area contributed by atoms with Gasteiger partial charge in [0.15, 0.2) is 5.58 Å². The highest BCUT2D eigenvalue weighted by Crippen LogP contribution is 2.22. The van der Waals surface area contributed by atoms with E-state index in [0.717, 1.165) is 23.2 Å². The van der Waals surface area contributed by atoms with Crippen LogP contribution in [0.25, 0.3) is 11.0 Å². The average molecular weight is 190 g/mol. The van der Waals surface area contributed by atoms with Gasteiger partial charge >= 0.3 is 0 Å². The number of rotatable bonds is 3. The summed E-state index contributed by atoms with van der Waals surface area (Å²) in [7, 11) is 0. The Morgan fingerprint density at radius 2 is 2.21 bits per heavy atom. The Balaban J connectivity index is 2.42. The summed E-state index contributed by atoms with van der Waals surface area (Å²) in [5.74, 6) is 0. The maximum atomic E-state index is 5.23. The van der Waals surface area contributed by atoms with Crippen molar-refractivity contribution in [3.63, 3.8) is 0 Å². The maximum Gasteiger partial charge on any atom is 0.167 e. The van der Waals surface area contributed by atoms with Crippen molar-refractivity contribution >= 4 is 11.0 Å². The molecule has 1 heterocycles. The van der Waals surface area contributed by atoms with Gasteiger partial charge in [-0.25, -0.2) is 0 Å². The number of hydrogen-bond donors (Lipinski definition) is 1. The minimum atomic E-state index is 0.239. The summed E-state index contributed by atoms with van der Waals surface area (Å²) in [6, 6.07) is 8.17. The SMILES string of the molecule is CCNC(C)c1noc2ccccc12. The van der Waals surface area contributed by atoms with E-state index >= 15 is 0 Å². The van der Waals surface area contributed by atoms with Crippen LogP contribution in [-0.2, 0) is 0 Å². The zero-order chi connectivity index (χ0) is 9.97. The largest absolute Gasteiger partial charge is 0.356 e. The van der Waals surface area contributed by atoms with Gasteiger partial charge in [0.1, 0.15) is 5.69 Å². The highest BCUT2D eigenvalue weighted by atomic mass is 16.5. The molecule has 1 N–H and O–H groups in total. The molecule has 0 aliphatic carbocycles. The minimum absolute atomic E-state index is 0.239. The van der Waals surface area contributed by atoms with Crippen molar-refractivity contribution in [2.45, 2.75) is 19.9 Å². The number of benzene rings is 1. The molecule has 0 saturated carbocycles. The van der Waals surface area contributed by atoms with Gasteiger partial charge in [0.25, 0.3) is 0 Å². The summed E-state index contributed by atoms with van der Waals surface area (Å²) >= 11 is 0. The van der Waals surface area contributed by atoms with Crippen molar-refractivity contribution in [3.05, 3.63) is 30.0 Å². The highest BCUT2D eigenvalue weighted by molar-refractivity contribution is 5.79. The third kappa shape index (κ3) is 1.51. The van der Waals surface area contributed by atoms with Crippen LogP contribution in [0.2, 0.25) is 0 Å². The molecule has 1 atom stereocenters. The second kappa shape index (κ2) is 3.80. The van der Waals surface area contributed by atoms with E-state index in [-0.39, 0.29) is 6.04 Å². The lowest BCUT2D eigenvalue weighted by atomic mass is 10.1. The van der Waals surface area contributed by atoms with Crippen LogP contribution < -0.4 is 5.32 Å². The van der Waals surface area contributed by atoms with Gasteiger partial charge in [-0.15, -0.1) is 0 Å². The van der Waals surface area contributed by atoms with Crippen molar-refractivity contribution in [3.8, 4) is 0 Å². The molecular weight excluding hydrogens is 176 g/mol. The molecule has 3 nitrogen and oxygen atoms in total. The van der Waals surface area contributed by atoms with Crippen LogP contribution in [0.15, 0.2) is 28.8 Å². The number of para-hydroxylation sites is 1. The van der Waals surface area contributed by atoms with Gasteiger partial charge in [-0.1, -0.05) is 24.2 Å². The fourth-order valence-corrected chi connectivity index (χ4v) is 1.62. The van der Waals surface area contributed by atoms with Crippen molar-refractivity contribution < 1.29 is 4.52 Å². The number of hydrogen-bond acceptors (Lipinski definition) is 3. The molecule has 0 aliphatic heterocycles. The van der Waals surface area contributed by atoms with Crippen LogP contribution in [0.3, 0.4) is 0 Å². The lowest BCUT2D eigenvalue weighted by molar-refractivity contribution is 0.429. The molecule has 74 valence electrons. The Morgan fingerprint density at radius 3 is 3.00 bits per heavy atom. The van der Waals surface area contributed by atoms with Gasteiger partial charge in [0.05, 0.1) is 6.04 Å². The lowest BCUT2D eigenvalue weighted by Gasteiger charge is -2.07. The van der Waals surface area contributed by atoms with Gasteiger partial charge < -0.3 is 9.84 Å². The predicted molar refractivity (Wildman–Crippen MR) is 56.1 cm³/mol. The molecule has 1 aromatic heterocycles. The molecule has 3 heteroatoms. The van der Waals surface area contributed by atoms with E-state index in [4.69, 9.17) is 4.52 Å². The third-order valence-electron chi connectivity index (χ3n) is 2.33. The highest BCUT2D eigenvalue weighted by Gasteiger charge is 2.12. The Hall–Kier alpha value is -1.35. The monoisotopic (exact) mass is 190 g/mol. The molecule has 1 aromatic carbocycles. The topological polar surface area (TPSA) is 38.1 Å². The van der Waals surface area contributed by atoms with Crippen molar-refractivity contribution in [1.29, 1.82) is 0 Å². The second-order valence-electron chi connectivity index (χ2n) is 3.34. The number of aromatic nitrogens is 1. The van der Waals surface area contributed by atoms with Crippen molar-refractivity contribution in [1.82, 2.24) is 10.5 Å². The van der Waals surface area contributed by atoms with E-state index in [2.05, 4.69) is 24.3 Å². The zero-order valence-corrected chi connectivity index (χ0v) is 8.45. The fourth-order valence-electron chi connectivity index (χ4n) is 1.62. The molecule has 2 rings (SSSR count). The first-order chi connectivity index (χ1) is 6.83. The standard InChI is InChI=1S/C11H14N2O/c1-3-12-8(2)11-9-6-4-5-7-10(9)14-13-11/h4-8,12H,3H2,1-2H3. The van der Waals surface area contributed by atoms with Gasteiger partial charge in [-0.2, -0.15) is 0 Å². The van der Waals surface area contributed by atoms with E-state index in [1.807, 2.05) is 24.3 Å². The molecule has 0 saturated heterocycles. The second-order valence-corrected chi connectivity index (χ2v) is 3.34. The first-order valence-electron chi connectivity index (χ1n) is 4.90. The van der Waals surface area contributed by atoms with E-state index in [9.17, 15) is 0 Å². The van der Waals surface area contributed by atoms with Crippen LogP contribution in [0, 0.1) is 0 Å². The van der Waals surface area contributed by atoms with Crippen LogP contribution in [0.5, 0.6) is 0 Å². The third-order valence-corrected chi connectivity index (χ3v) is 2.33. The quantitative estimate of drug-likeness (QED) is 0.808.